The van der Waals surface area contributed by atoms with E-state index in [1.807, 2.05) is 0 Å². The Labute approximate surface area is 315 Å². The average molecular weight is 683 g/mol. The molecule has 9 aromatic rings. The summed E-state index contributed by atoms with van der Waals surface area (Å²) in [7, 11) is 0. The molecule has 12 rings (SSSR count). The Kier molecular flexibility index (Phi) is 6.00. The van der Waals surface area contributed by atoms with Gasteiger partial charge in [0.05, 0.1) is 10.8 Å². The lowest BCUT2D eigenvalue weighted by Gasteiger charge is -2.49. The second-order valence-corrected chi connectivity index (χ2v) is 15.1. The molecule has 0 N–H and O–H groups in total. The van der Waals surface area contributed by atoms with Crippen LogP contribution in [0.15, 0.2) is 194 Å². The molecule has 250 valence electrons. The van der Waals surface area contributed by atoms with Gasteiger partial charge in [-0.05, 0) is 112 Å². The highest BCUT2D eigenvalue weighted by atomic mass is 14.6. The third-order valence-corrected chi connectivity index (χ3v) is 12.7. The van der Waals surface area contributed by atoms with Crippen molar-refractivity contribution in [3.63, 3.8) is 0 Å². The highest BCUT2D eigenvalue weighted by molar-refractivity contribution is 6.11. The Balaban J connectivity index is 1.19. The molecular formula is C54H34. The van der Waals surface area contributed by atoms with Gasteiger partial charge in [0.25, 0.3) is 0 Å². The molecule has 0 saturated carbocycles. The summed E-state index contributed by atoms with van der Waals surface area (Å²) in [6.07, 6.45) is 4.66. The molecule has 0 aromatic heterocycles. The smallest absolute Gasteiger partial charge is 0.0619 e. The number of fused-ring (bicyclic) bond motifs is 19. The molecule has 0 amide bonds. The quantitative estimate of drug-likeness (QED) is 0.126. The van der Waals surface area contributed by atoms with E-state index in [-0.39, 0.29) is 0 Å². The van der Waals surface area contributed by atoms with Crippen LogP contribution in [0, 0.1) is 0 Å². The lowest BCUT2D eigenvalue weighted by atomic mass is 9.52. The molecule has 0 nitrogen and oxygen atoms in total. The van der Waals surface area contributed by atoms with E-state index in [9.17, 15) is 0 Å². The first kappa shape index (κ1) is 29.8. The van der Waals surface area contributed by atoms with Gasteiger partial charge in [-0.3, -0.25) is 0 Å². The molecule has 0 bridgehead atoms. The Morgan fingerprint density at radius 2 is 0.685 bits per heavy atom. The fourth-order valence-corrected chi connectivity index (χ4v) is 10.8. The van der Waals surface area contributed by atoms with Gasteiger partial charge in [-0.2, -0.15) is 0 Å². The van der Waals surface area contributed by atoms with Crippen LogP contribution in [0.25, 0.3) is 56.0 Å². The van der Waals surface area contributed by atoms with Crippen molar-refractivity contribution < 1.29 is 0 Å². The van der Waals surface area contributed by atoms with E-state index in [1.54, 1.807) is 0 Å². The van der Waals surface area contributed by atoms with Crippen LogP contribution < -0.4 is 0 Å². The highest BCUT2D eigenvalue weighted by Crippen LogP contribution is 2.67. The molecule has 0 saturated heterocycles. The maximum absolute atomic E-state index is 2.52. The Morgan fingerprint density at radius 1 is 0.278 bits per heavy atom. The van der Waals surface area contributed by atoms with Gasteiger partial charge in [0, 0.05) is 0 Å². The van der Waals surface area contributed by atoms with Gasteiger partial charge in [-0.1, -0.05) is 194 Å². The summed E-state index contributed by atoms with van der Waals surface area (Å²) < 4.78 is 0. The normalized spacial score (nSPS) is 14.9. The van der Waals surface area contributed by atoms with Crippen LogP contribution in [0.1, 0.15) is 55.6 Å². The van der Waals surface area contributed by atoms with E-state index < -0.39 is 10.8 Å². The molecule has 0 unspecified atom stereocenters. The van der Waals surface area contributed by atoms with Crippen LogP contribution in [-0.4, -0.2) is 0 Å². The molecule has 0 fully saturated rings. The zero-order valence-corrected chi connectivity index (χ0v) is 29.6. The Hall–Kier alpha value is -6.76. The molecule has 0 radical (unpaired) electrons. The van der Waals surface area contributed by atoms with Crippen molar-refractivity contribution in [3.05, 3.63) is 250 Å². The van der Waals surface area contributed by atoms with Crippen molar-refractivity contribution in [2.24, 2.45) is 0 Å². The summed E-state index contributed by atoms with van der Waals surface area (Å²) in [5, 5.41) is 5.11. The van der Waals surface area contributed by atoms with Gasteiger partial charge in [0.15, 0.2) is 0 Å². The van der Waals surface area contributed by atoms with Crippen molar-refractivity contribution >= 4 is 33.7 Å². The van der Waals surface area contributed by atoms with E-state index in [1.165, 1.54) is 99.4 Å². The summed E-state index contributed by atoms with van der Waals surface area (Å²) in [4.78, 5) is 0. The first-order valence-corrected chi connectivity index (χ1v) is 19.0. The summed E-state index contributed by atoms with van der Waals surface area (Å²) in [6.45, 7) is 0. The molecule has 0 atom stereocenters. The standard InChI is InChI=1S/C54H34/c1-2-16-38-36(15-1)34-37(39-17-3-4-18-40(38)39)31-29-35-30-32-51-52(33-35)54(47-25-11-7-21-43(47)44-22-8-12-26-48(44)54)50-28-14-13-27-49(50)53(51)45-23-9-5-19-41(45)42-20-6-10-24-46(42)53/h1-34H/b31-29+. The number of hydrogen-bond donors (Lipinski definition) is 0. The number of rotatable bonds is 2. The minimum absolute atomic E-state index is 0.465. The van der Waals surface area contributed by atoms with Crippen molar-refractivity contribution in [2.75, 3.05) is 0 Å². The second kappa shape index (κ2) is 10.9. The minimum Gasteiger partial charge on any atom is -0.0619 e. The maximum atomic E-state index is 2.52. The van der Waals surface area contributed by atoms with E-state index in [4.69, 9.17) is 0 Å². The van der Waals surface area contributed by atoms with Crippen molar-refractivity contribution in [3.8, 4) is 22.3 Å². The molecule has 54 heavy (non-hydrogen) atoms. The zero-order valence-electron chi connectivity index (χ0n) is 29.6. The van der Waals surface area contributed by atoms with Gasteiger partial charge in [0.2, 0.25) is 0 Å². The molecule has 3 aliphatic rings. The Morgan fingerprint density at radius 3 is 1.24 bits per heavy atom. The number of hydrogen-bond acceptors (Lipinski definition) is 0. The summed E-state index contributed by atoms with van der Waals surface area (Å²) in [6, 6.07) is 73.1. The highest BCUT2D eigenvalue weighted by Gasteiger charge is 2.58. The van der Waals surface area contributed by atoms with Crippen LogP contribution in [0.2, 0.25) is 0 Å². The van der Waals surface area contributed by atoms with Gasteiger partial charge >= 0.3 is 0 Å². The van der Waals surface area contributed by atoms with E-state index in [0.29, 0.717) is 0 Å². The average Bonchev–Trinajstić information content (AvgIpc) is 3.71. The minimum atomic E-state index is -0.490. The monoisotopic (exact) mass is 682 g/mol. The third kappa shape index (κ3) is 3.63. The van der Waals surface area contributed by atoms with Gasteiger partial charge in [-0.25, -0.2) is 0 Å². The van der Waals surface area contributed by atoms with Crippen LogP contribution >= 0.6 is 0 Å². The van der Waals surface area contributed by atoms with Crippen LogP contribution in [0.4, 0.5) is 0 Å². The van der Waals surface area contributed by atoms with E-state index in [0.717, 1.165) is 0 Å². The molecule has 0 aliphatic heterocycles. The topological polar surface area (TPSA) is 0 Å². The lowest BCUT2D eigenvalue weighted by Crippen LogP contribution is -2.43. The third-order valence-electron chi connectivity index (χ3n) is 12.7. The molecule has 2 spiro atoms. The van der Waals surface area contributed by atoms with Crippen molar-refractivity contribution in [2.45, 2.75) is 10.8 Å². The summed E-state index contributed by atoms with van der Waals surface area (Å²) in [5.41, 5.74) is 17.6. The van der Waals surface area contributed by atoms with Gasteiger partial charge < -0.3 is 0 Å². The molecule has 9 aromatic carbocycles. The molecule has 0 heterocycles. The van der Waals surface area contributed by atoms with E-state index >= 15 is 0 Å². The lowest BCUT2D eigenvalue weighted by molar-refractivity contribution is 0.632. The van der Waals surface area contributed by atoms with Crippen LogP contribution in [-0.2, 0) is 10.8 Å². The fraction of sp³-hybridized carbons (Fsp3) is 0.0370. The largest absolute Gasteiger partial charge is 0.0720 e. The predicted molar refractivity (Wildman–Crippen MR) is 225 cm³/mol. The first-order chi connectivity index (χ1) is 26.8. The van der Waals surface area contributed by atoms with Crippen LogP contribution in [0.5, 0.6) is 0 Å². The summed E-state index contributed by atoms with van der Waals surface area (Å²) >= 11 is 0. The Bertz CT molecular complexity index is 2970. The maximum Gasteiger partial charge on any atom is 0.0720 e. The zero-order chi connectivity index (χ0) is 35.4. The fourth-order valence-electron chi connectivity index (χ4n) is 10.8. The van der Waals surface area contributed by atoms with E-state index in [2.05, 4.69) is 206 Å². The number of benzene rings is 9. The van der Waals surface area contributed by atoms with Crippen molar-refractivity contribution in [1.82, 2.24) is 0 Å². The van der Waals surface area contributed by atoms with Gasteiger partial charge in [0.1, 0.15) is 0 Å². The van der Waals surface area contributed by atoms with Crippen LogP contribution in [0.3, 0.4) is 0 Å². The molecular weight excluding hydrogens is 649 g/mol. The molecule has 3 aliphatic carbocycles. The summed E-state index contributed by atoms with van der Waals surface area (Å²) in [5.74, 6) is 0. The SMILES string of the molecule is C(=C\c1cc2ccccc2c2ccccc12)/c1ccc2c(c1)C1(c3ccccc3-c3ccccc31)c1ccccc1C21c2ccccc2-c2ccccc21. The van der Waals surface area contributed by atoms with Crippen molar-refractivity contribution in [1.29, 1.82) is 0 Å². The predicted octanol–water partition coefficient (Wildman–Crippen LogP) is 13.2. The second-order valence-electron chi connectivity index (χ2n) is 15.1. The molecule has 0 heteroatoms. The first-order valence-electron chi connectivity index (χ1n) is 19.0. The van der Waals surface area contributed by atoms with Gasteiger partial charge in [-0.15, -0.1) is 0 Å².